The summed E-state index contributed by atoms with van der Waals surface area (Å²) in [6.45, 7) is 6.28. The number of nitrogen functional groups attached to an aromatic ring is 2. The average molecular weight is 268 g/mol. The number of rotatable bonds is 6. The molecule has 0 aliphatic carbocycles. The smallest absolute Gasteiger partial charge is 0.312 e. The Morgan fingerprint density at radius 3 is 2.47 bits per heavy atom. The lowest BCUT2D eigenvalue weighted by molar-refractivity contribution is -0.134. The Morgan fingerprint density at radius 1 is 1.26 bits per heavy atom. The van der Waals surface area contributed by atoms with Crippen molar-refractivity contribution in [3.05, 3.63) is 0 Å². The van der Waals surface area contributed by atoms with Crippen LogP contribution >= 0.6 is 0 Å². The van der Waals surface area contributed by atoms with Gasteiger partial charge in [-0.2, -0.15) is 9.97 Å². The minimum Gasteiger partial charge on any atom is -0.476 e. The molecule has 0 fully saturated rings. The molecule has 19 heavy (non-hydrogen) atoms. The van der Waals surface area contributed by atoms with Crippen LogP contribution in [0.5, 0.6) is 11.8 Å². The van der Waals surface area contributed by atoms with Crippen LogP contribution in [0.1, 0.15) is 33.6 Å². The van der Waals surface area contributed by atoms with Crippen molar-refractivity contribution in [2.24, 2.45) is 5.92 Å². The zero-order valence-corrected chi connectivity index (χ0v) is 11.5. The van der Waals surface area contributed by atoms with Gasteiger partial charge in [-0.3, -0.25) is 4.79 Å². The second-order valence-electron chi connectivity index (χ2n) is 4.53. The first-order chi connectivity index (χ1) is 8.93. The number of carbonyl (C=O) groups is 1. The van der Waals surface area contributed by atoms with Gasteiger partial charge in [-0.15, -0.1) is 0 Å². The van der Waals surface area contributed by atoms with Crippen molar-refractivity contribution in [3.63, 3.8) is 0 Å². The number of nitrogens with two attached hydrogens (primary N) is 2. The van der Waals surface area contributed by atoms with Gasteiger partial charge in [-0.05, 0) is 12.3 Å². The lowest BCUT2D eigenvalue weighted by atomic mass is 10.2. The van der Waals surface area contributed by atoms with E-state index in [9.17, 15) is 4.79 Å². The fourth-order valence-corrected chi connectivity index (χ4v) is 1.24. The molecule has 7 nitrogen and oxygen atoms in total. The monoisotopic (exact) mass is 268 g/mol. The van der Waals surface area contributed by atoms with Gasteiger partial charge in [0.2, 0.25) is 11.8 Å². The molecule has 0 radical (unpaired) electrons. The van der Waals surface area contributed by atoms with Crippen molar-refractivity contribution in [1.29, 1.82) is 0 Å². The first kappa shape index (κ1) is 15.0. The summed E-state index contributed by atoms with van der Waals surface area (Å²) in [5, 5.41) is 0. The Hall–Kier alpha value is -2.05. The normalized spacial score (nSPS) is 10.5. The number of carbonyl (C=O) groups excluding carboxylic acids is 1. The number of anilines is 2. The molecule has 1 heterocycles. The highest BCUT2D eigenvalue weighted by Gasteiger charge is 2.16. The van der Waals surface area contributed by atoms with Crippen molar-refractivity contribution in [2.45, 2.75) is 33.6 Å². The Morgan fingerprint density at radius 2 is 1.89 bits per heavy atom. The third-order valence-electron chi connectivity index (χ3n) is 2.11. The molecule has 7 heteroatoms. The van der Waals surface area contributed by atoms with Crippen LogP contribution in [0, 0.1) is 5.92 Å². The summed E-state index contributed by atoms with van der Waals surface area (Å²) in [5.41, 5.74) is 11.4. The summed E-state index contributed by atoms with van der Waals surface area (Å²) in [6.07, 6.45) is 0.960. The molecule has 1 rings (SSSR count). The van der Waals surface area contributed by atoms with Gasteiger partial charge in [-0.1, -0.05) is 20.8 Å². The van der Waals surface area contributed by atoms with Crippen LogP contribution in [0.2, 0.25) is 0 Å². The van der Waals surface area contributed by atoms with Gasteiger partial charge in [0.25, 0.3) is 5.88 Å². The molecule has 4 N–H and O–H groups in total. The molecule has 0 amide bonds. The van der Waals surface area contributed by atoms with Crippen molar-refractivity contribution >= 4 is 17.6 Å². The zero-order valence-electron chi connectivity index (χ0n) is 11.5. The number of aromatic nitrogens is 2. The summed E-state index contributed by atoms with van der Waals surface area (Å²) in [5.74, 6) is -0.0683. The third kappa shape index (κ3) is 4.61. The van der Waals surface area contributed by atoms with Crippen molar-refractivity contribution in [3.8, 4) is 11.8 Å². The Balaban J connectivity index is 2.89. The molecule has 0 aliphatic rings. The first-order valence-corrected chi connectivity index (χ1v) is 6.20. The quantitative estimate of drug-likeness (QED) is 0.749. The molecular weight excluding hydrogens is 248 g/mol. The van der Waals surface area contributed by atoms with E-state index < -0.39 is 5.97 Å². The van der Waals surface area contributed by atoms with Crippen LogP contribution in [0.3, 0.4) is 0 Å². The van der Waals surface area contributed by atoms with E-state index >= 15 is 0 Å². The van der Waals surface area contributed by atoms with Gasteiger partial charge in [0.05, 0.1) is 6.61 Å². The maximum Gasteiger partial charge on any atom is 0.312 e. The maximum absolute atomic E-state index is 11.4. The predicted molar refractivity (Wildman–Crippen MR) is 71.7 cm³/mol. The van der Waals surface area contributed by atoms with Crippen molar-refractivity contribution in [1.82, 2.24) is 9.97 Å². The van der Waals surface area contributed by atoms with Gasteiger partial charge in [-0.25, -0.2) is 0 Å². The molecule has 0 spiro atoms. The molecule has 0 bridgehead atoms. The Kier molecular flexibility index (Phi) is 5.35. The van der Waals surface area contributed by atoms with Crippen LogP contribution in [0.4, 0.5) is 11.6 Å². The van der Waals surface area contributed by atoms with Crippen molar-refractivity contribution < 1.29 is 14.3 Å². The molecule has 106 valence electrons. The van der Waals surface area contributed by atoms with E-state index in [1.807, 2.05) is 20.8 Å². The molecule has 0 saturated heterocycles. The first-order valence-electron chi connectivity index (χ1n) is 6.20. The zero-order chi connectivity index (χ0) is 14.4. The number of esters is 1. The van der Waals surface area contributed by atoms with Gasteiger partial charge in [0.1, 0.15) is 0 Å². The highest BCUT2D eigenvalue weighted by molar-refractivity contribution is 5.74. The highest BCUT2D eigenvalue weighted by Crippen LogP contribution is 2.29. The molecule has 0 saturated carbocycles. The van der Waals surface area contributed by atoms with Crippen LogP contribution in [0.15, 0.2) is 0 Å². The lowest BCUT2D eigenvalue weighted by Crippen LogP contribution is -2.14. The predicted octanol–water partition coefficient (Wildman–Crippen LogP) is 1.38. The summed E-state index contributed by atoms with van der Waals surface area (Å²) in [4.78, 5) is 19.1. The highest BCUT2D eigenvalue weighted by atomic mass is 16.5. The van der Waals surface area contributed by atoms with Gasteiger partial charge < -0.3 is 20.9 Å². The van der Waals surface area contributed by atoms with E-state index in [1.165, 1.54) is 0 Å². The largest absolute Gasteiger partial charge is 0.476 e. The summed E-state index contributed by atoms with van der Waals surface area (Å²) >= 11 is 0. The fourth-order valence-electron chi connectivity index (χ4n) is 1.24. The molecule has 0 unspecified atom stereocenters. The van der Waals surface area contributed by atoms with Gasteiger partial charge in [0, 0.05) is 6.42 Å². The van der Waals surface area contributed by atoms with Gasteiger partial charge in [0.15, 0.2) is 5.69 Å². The topological polar surface area (TPSA) is 113 Å². The fraction of sp³-hybridized carbons (Fsp3) is 0.583. The minimum atomic E-state index is -0.415. The molecule has 1 aromatic heterocycles. The summed E-state index contributed by atoms with van der Waals surface area (Å²) in [7, 11) is 0. The van der Waals surface area contributed by atoms with E-state index in [0.29, 0.717) is 18.9 Å². The van der Waals surface area contributed by atoms with E-state index in [4.69, 9.17) is 20.9 Å². The second-order valence-corrected chi connectivity index (χ2v) is 4.53. The van der Waals surface area contributed by atoms with Crippen LogP contribution < -0.4 is 20.9 Å². The molecule has 0 atom stereocenters. The standard InChI is InChI=1S/C12H20N4O3/c1-4-5-8(17)19-11-9(13)10(15-12(14)16-11)18-6-7(2)3/h7H,4-6,13H2,1-3H3,(H2,14,15,16). The van der Waals surface area contributed by atoms with E-state index in [0.717, 1.165) is 0 Å². The molecule has 0 aliphatic heterocycles. The molecular formula is C12H20N4O3. The number of hydrogen-bond donors (Lipinski definition) is 2. The summed E-state index contributed by atoms with van der Waals surface area (Å²) in [6, 6.07) is 0. The Bertz CT molecular complexity index is 449. The number of ether oxygens (including phenoxy) is 2. The third-order valence-corrected chi connectivity index (χ3v) is 2.11. The maximum atomic E-state index is 11.4. The minimum absolute atomic E-state index is 0.0488. The van der Waals surface area contributed by atoms with Crippen LogP contribution in [0.25, 0.3) is 0 Å². The van der Waals surface area contributed by atoms with Crippen molar-refractivity contribution in [2.75, 3.05) is 18.1 Å². The van der Waals surface area contributed by atoms with E-state index in [2.05, 4.69) is 9.97 Å². The average Bonchev–Trinajstić information content (AvgIpc) is 2.31. The van der Waals surface area contributed by atoms with Gasteiger partial charge >= 0.3 is 5.97 Å². The Labute approximate surface area is 112 Å². The van der Waals surface area contributed by atoms with E-state index in [-0.39, 0.29) is 29.8 Å². The van der Waals surface area contributed by atoms with E-state index in [1.54, 1.807) is 0 Å². The second kappa shape index (κ2) is 6.77. The number of nitrogens with zero attached hydrogens (tertiary/aromatic N) is 2. The van der Waals surface area contributed by atoms with Crippen LogP contribution in [-0.2, 0) is 4.79 Å². The SMILES string of the molecule is CCCC(=O)Oc1nc(N)nc(OCC(C)C)c1N. The lowest BCUT2D eigenvalue weighted by Gasteiger charge is -2.12. The molecule has 1 aromatic rings. The number of hydrogen-bond acceptors (Lipinski definition) is 7. The van der Waals surface area contributed by atoms with Crippen LogP contribution in [-0.4, -0.2) is 22.5 Å². The summed E-state index contributed by atoms with van der Waals surface area (Å²) < 4.78 is 10.5. The molecule has 0 aromatic carbocycles.